The second kappa shape index (κ2) is 6.85. The zero-order valence-electron chi connectivity index (χ0n) is 12.1. The second-order valence-electron chi connectivity index (χ2n) is 5.65. The van der Waals surface area contributed by atoms with E-state index in [9.17, 15) is 4.79 Å². The van der Waals surface area contributed by atoms with Gasteiger partial charge >= 0.3 is 0 Å². The van der Waals surface area contributed by atoms with E-state index in [0.29, 0.717) is 0 Å². The molecule has 0 spiro atoms. The normalized spacial score (nSPS) is 17.2. The second-order valence-corrected chi connectivity index (χ2v) is 5.65. The van der Waals surface area contributed by atoms with Crippen LogP contribution in [0.25, 0.3) is 0 Å². The lowest BCUT2D eigenvalue weighted by Crippen LogP contribution is -2.18. The van der Waals surface area contributed by atoms with E-state index in [1.165, 1.54) is 36.8 Å². The highest BCUT2D eigenvalue weighted by Gasteiger charge is 2.15. The van der Waals surface area contributed by atoms with Crippen molar-refractivity contribution in [2.45, 2.75) is 58.5 Å². The first-order chi connectivity index (χ1) is 9.16. The van der Waals surface area contributed by atoms with Crippen LogP contribution in [0.5, 0.6) is 0 Å². The van der Waals surface area contributed by atoms with Crippen molar-refractivity contribution in [3.8, 4) is 0 Å². The molecule has 1 aromatic carbocycles. The van der Waals surface area contributed by atoms with Crippen LogP contribution in [0.3, 0.4) is 0 Å². The van der Waals surface area contributed by atoms with E-state index < -0.39 is 0 Å². The topological polar surface area (TPSA) is 26.3 Å². The maximum absolute atomic E-state index is 12.1. The molecule has 0 radical (unpaired) electrons. The first-order valence-electron chi connectivity index (χ1n) is 7.39. The van der Waals surface area contributed by atoms with Crippen molar-refractivity contribution in [3.05, 3.63) is 34.9 Å². The standard InChI is InChI=1S/C17H24O2/c1-13-9-10-15(11-14(13)2)17(18)12-19-16-7-5-3-4-6-8-16/h9-11,16H,3-8,12H2,1-2H3. The van der Waals surface area contributed by atoms with Gasteiger partial charge in [-0.2, -0.15) is 0 Å². The molecule has 2 nitrogen and oxygen atoms in total. The highest BCUT2D eigenvalue weighted by atomic mass is 16.5. The highest BCUT2D eigenvalue weighted by molar-refractivity contribution is 5.97. The van der Waals surface area contributed by atoms with Crippen molar-refractivity contribution < 1.29 is 9.53 Å². The van der Waals surface area contributed by atoms with Gasteiger partial charge in [-0.05, 0) is 43.9 Å². The third-order valence-electron chi connectivity index (χ3n) is 4.08. The van der Waals surface area contributed by atoms with Crippen molar-refractivity contribution in [3.63, 3.8) is 0 Å². The van der Waals surface area contributed by atoms with Crippen LogP contribution >= 0.6 is 0 Å². The summed E-state index contributed by atoms with van der Waals surface area (Å²) in [5, 5.41) is 0. The number of hydrogen-bond donors (Lipinski definition) is 0. The fourth-order valence-electron chi connectivity index (χ4n) is 2.60. The molecule has 0 heterocycles. The maximum atomic E-state index is 12.1. The van der Waals surface area contributed by atoms with Crippen LogP contribution in [-0.2, 0) is 4.74 Å². The Labute approximate surface area is 116 Å². The van der Waals surface area contributed by atoms with Crippen molar-refractivity contribution in [1.82, 2.24) is 0 Å². The number of carbonyl (C=O) groups is 1. The van der Waals surface area contributed by atoms with Gasteiger partial charge in [0.05, 0.1) is 6.10 Å². The summed E-state index contributed by atoms with van der Waals surface area (Å²) >= 11 is 0. The van der Waals surface area contributed by atoms with Crippen molar-refractivity contribution >= 4 is 5.78 Å². The number of aryl methyl sites for hydroxylation is 2. The lowest BCUT2D eigenvalue weighted by Gasteiger charge is -2.14. The van der Waals surface area contributed by atoms with E-state index in [4.69, 9.17) is 4.74 Å². The molecule has 19 heavy (non-hydrogen) atoms. The van der Waals surface area contributed by atoms with Crippen LogP contribution < -0.4 is 0 Å². The van der Waals surface area contributed by atoms with E-state index in [2.05, 4.69) is 6.92 Å². The molecule has 2 rings (SSSR count). The number of ketones is 1. The summed E-state index contributed by atoms with van der Waals surface area (Å²) in [6, 6.07) is 5.88. The summed E-state index contributed by atoms with van der Waals surface area (Å²) in [7, 11) is 0. The average molecular weight is 260 g/mol. The van der Waals surface area contributed by atoms with Crippen LogP contribution in [0, 0.1) is 13.8 Å². The summed E-state index contributed by atoms with van der Waals surface area (Å²) < 4.78 is 5.80. The van der Waals surface area contributed by atoms with Crippen molar-refractivity contribution in [2.24, 2.45) is 0 Å². The lowest BCUT2D eigenvalue weighted by molar-refractivity contribution is 0.0389. The van der Waals surface area contributed by atoms with Crippen LogP contribution in [0.1, 0.15) is 60.0 Å². The largest absolute Gasteiger partial charge is 0.370 e. The molecule has 0 aromatic heterocycles. The Morgan fingerprint density at radius 2 is 1.79 bits per heavy atom. The highest BCUT2D eigenvalue weighted by Crippen LogP contribution is 2.20. The van der Waals surface area contributed by atoms with Gasteiger partial charge in [-0.15, -0.1) is 0 Å². The summed E-state index contributed by atoms with van der Waals surface area (Å²) in [5.74, 6) is 0.104. The molecule has 1 aliphatic carbocycles. The Morgan fingerprint density at radius 1 is 1.11 bits per heavy atom. The summed E-state index contributed by atoms with van der Waals surface area (Å²) in [6.07, 6.45) is 7.61. The monoisotopic (exact) mass is 260 g/mol. The predicted molar refractivity (Wildman–Crippen MR) is 77.7 cm³/mol. The Bertz CT molecular complexity index is 429. The van der Waals surface area contributed by atoms with Gasteiger partial charge < -0.3 is 4.74 Å². The Morgan fingerprint density at radius 3 is 2.42 bits per heavy atom. The number of ether oxygens (including phenoxy) is 1. The number of Topliss-reactive ketones (excluding diaryl/α,β-unsaturated/α-hetero) is 1. The predicted octanol–water partition coefficient (Wildman–Crippen LogP) is 4.23. The van der Waals surface area contributed by atoms with E-state index in [1.54, 1.807) is 0 Å². The molecule has 0 N–H and O–H groups in total. The fraction of sp³-hybridized carbons (Fsp3) is 0.588. The Kier molecular flexibility index (Phi) is 5.15. The average Bonchev–Trinajstić information content (AvgIpc) is 2.67. The molecule has 0 amide bonds. The molecule has 1 aliphatic rings. The minimum absolute atomic E-state index is 0.104. The molecule has 0 aliphatic heterocycles. The Balaban J connectivity index is 1.87. The minimum atomic E-state index is 0.104. The first kappa shape index (κ1) is 14.3. The molecule has 1 aromatic rings. The van der Waals surface area contributed by atoms with Crippen LogP contribution in [-0.4, -0.2) is 18.5 Å². The molecule has 0 atom stereocenters. The van der Waals surface area contributed by atoms with E-state index in [0.717, 1.165) is 18.4 Å². The zero-order valence-corrected chi connectivity index (χ0v) is 12.1. The third kappa shape index (κ3) is 4.17. The van der Waals surface area contributed by atoms with Crippen LogP contribution in [0.4, 0.5) is 0 Å². The van der Waals surface area contributed by atoms with Crippen LogP contribution in [0.15, 0.2) is 18.2 Å². The van der Waals surface area contributed by atoms with Crippen molar-refractivity contribution in [2.75, 3.05) is 6.61 Å². The minimum Gasteiger partial charge on any atom is -0.370 e. The number of rotatable bonds is 4. The smallest absolute Gasteiger partial charge is 0.188 e. The molecular weight excluding hydrogens is 236 g/mol. The summed E-state index contributed by atoms with van der Waals surface area (Å²) in [6.45, 7) is 4.33. The molecule has 0 saturated heterocycles. The lowest BCUT2D eigenvalue weighted by atomic mass is 10.0. The summed E-state index contributed by atoms with van der Waals surface area (Å²) in [5.41, 5.74) is 3.17. The first-order valence-corrected chi connectivity index (χ1v) is 7.39. The number of carbonyl (C=O) groups excluding carboxylic acids is 1. The van der Waals surface area contributed by atoms with Gasteiger partial charge in [0.25, 0.3) is 0 Å². The molecule has 1 saturated carbocycles. The molecule has 1 fully saturated rings. The van der Waals surface area contributed by atoms with Gasteiger partial charge in [-0.1, -0.05) is 37.8 Å². The maximum Gasteiger partial charge on any atom is 0.188 e. The molecule has 104 valence electrons. The summed E-state index contributed by atoms with van der Waals surface area (Å²) in [4.78, 5) is 12.1. The van der Waals surface area contributed by atoms with Gasteiger partial charge in [-0.3, -0.25) is 4.79 Å². The molecular formula is C17H24O2. The molecule has 2 heteroatoms. The van der Waals surface area contributed by atoms with Gasteiger partial charge in [0.2, 0.25) is 0 Å². The van der Waals surface area contributed by atoms with E-state index >= 15 is 0 Å². The number of benzene rings is 1. The van der Waals surface area contributed by atoms with Crippen LogP contribution in [0.2, 0.25) is 0 Å². The Hall–Kier alpha value is -1.15. The van der Waals surface area contributed by atoms with E-state index in [1.807, 2.05) is 25.1 Å². The SMILES string of the molecule is Cc1ccc(C(=O)COC2CCCCCC2)cc1C. The zero-order chi connectivity index (χ0) is 13.7. The van der Waals surface area contributed by atoms with Gasteiger partial charge in [-0.25, -0.2) is 0 Å². The van der Waals surface area contributed by atoms with Gasteiger partial charge in [0.1, 0.15) is 6.61 Å². The number of hydrogen-bond acceptors (Lipinski definition) is 2. The quantitative estimate of drug-likeness (QED) is 0.598. The van der Waals surface area contributed by atoms with E-state index in [-0.39, 0.29) is 18.5 Å². The molecule has 0 unspecified atom stereocenters. The van der Waals surface area contributed by atoms with Gasteiger partial charge in [0.15, 0.2) is 5.78 Å². The third-order valence-corrected chi connectivity index (χ3v) is 4.08. The fourth-order valence-corrected chi connectivity index (χ4v) is 2.60. The van der Waals surface area contributed by atoms with Crippen molar-refractivity contribution in [1.29, 1.82) is 0 Å². The van der Waals surface area contributed by atoms with Gasteiger partial charge in [0, 0.05) is 5.56 Å². The molecule has 0 bridgehead atoms.